The van der Waals surface area contributed by atoms with Gasteiger partial charge in [-0.2, -0.15) is 4.99 Å². The van der Waals surface area contributed by atoms with Crippen molar-refractivity contribution in [3.8, 4) is 11.1 Å². The van der Waals surface area contributed by atoms with Gasteiger partial charge in [-0.1, -0.05) is 30.3 Å². The molecule has 4 N–H and O–H groups in total. The molecule has 21 heavy (non-hydrogen) atoms. The number of amides is 1. The van der Waals surface area contributed by atoms with Crippen LogP contribution in [0.2, 0.25) is 0 Å². The van der Waals surface area contributed by atoms with Gasteiger partial charge in [-0.25, -0.2) is 0 Å². The molecule has 0 fully saturated rings. The molecule has 0 spiro atoms. The fourth-order valence-corrected chi connectivity index (χ4v) is 2.19. The molecule has 0 saturated carbocycles. The van der Waals surface area contributed by atoms with Crippen LogP contribution >= 0.6 is 0 Å². The second-order valence-electron chi connectivity index (χ2n) is 4.57. The topological polar surface area (TPSA) is 94.6 Å². The van der Waals surface area contributed by atoms with Crippen molar-refractivity contribution in [1.29, 1.82) is 0 Å². The van der Waals surface area contributed by atoms with E-state index >= 15 is 0 Å². The molecule has 3 rings (SSSR count). The van der Waals surface area contributed by atoms with Gasteiger partial charge in [0.1, 0.15) is 5.58 Å². The molecule has 0 saturated heterocycles. The summed E-state index contributed by atoms with van der Waals surface area (Å²) in [6.45, 7) is 0. The first-order valence-corrected chi connectivity index (χ1v) is 6.36. The molecular weight excluding hydrogens is 266 g/mol. The van der Waals surface area contributed by atoms with Crippen molar-refractivity contribution >= 4 is 22.8 Å². The van der Waals surface area contributed by atoms with Crippen molar-refractivity contribution in [2.45, 2.75) is 0 Å². The van der Waals surface area contributed by atoms with Gasteiger partial charge in [0, 0.05) is 16.5 Å². The number of aliphatic imine (C=N–C) groups is 1. The molecule has 104 valence electrons. The quantitative estimate of drug-likeness (QED) is 0.556. The number of hydrogen-bond acceptors (Lipinski definition) is 2. The minimum Gasteiger partial charge on any atom is -0.464 e. The Morgan fingerprint density at radius 3 is 2.52 bits per heavy atom. The lowest BCUT2D eigenvalue weighted by atomic mass is 10.0. The van der Waals surface area contributed by atoms with Crippen molar-refractivity contribution in [2.24, 2.45) is 16.5 Å². The summed E-state index contributed by atoms with van der Waals surface area (Å²) in [6.07, 6.45) is 1.68. The fraction of sp³-hybridized carbons (Fsp3) is 0. The molecule has 0 unspecified atom stereocenters. The molecule has 3 aromatic rings. The third-order valence-corrected chi connectivity index (χ3v) is 3.14. The maximum atomic E-state index is 11.9. The van der Waals surface area contributed by atoms with Gasteiger partial charge in [-0.3, -0.25) is 4.79 Å². The van der Waals surface area contributed by atoms with Crippen molar-refractivity contribution in [2.75, 3.05) is 0 Å². The molecule has 2 aromatic carbocycles. The van der Waals surface area contributed by atoms with E-state index in [0.717, 1.165) is 16.5 Å². The predicted octanol–water partition coefficient (Wildman–Crippen LogP) is 2.51. The van der Waals surface area contributed by atoms with Crippen molar-refractivity contribution in [1.82, 2.24) is 0 Å². The number of carbonyl (C=O) groups is 1. The zero-order valence-electron chi connectivity index (χ0n) is 11.1. The highest BCUT2D eigenvalue weighted by atomic mass is 16.3. The van der Waals surface area contributed by atoms with Crippen LogP contribution in [0.15, 0.2) is 64.2 Å². The maximum absolute atomic E-state index is 11.9. The molecule has 0 aliphatic rings. The Bertz CT molecular complexity index is 831. The van der Waals surface area contributed by atoms with Gasteiger partial charge in [0.2, 0.25) is 0 Å². The van der Waals surface area contributed by atoms with Crippen LogP contribution in [0.25, 0.3) is 22.1 Å². The van der Waals surface area contributed by atoms with Crippen LogP contribution in [0.1, 0.15) is 10.4 Å². The molecule has 1 heterocycles. The Morgan fingerprint density at radius 1 is 1.05 bits per heavy atom. The Hall–Kier alpha value is -3.08. The summed E-state index contributed by atoms with van der Waals surface area (Å²) >= 11 is 0. The number of carbonyl (C=O) groups excluding carboxylic acids is 1. The number of guanidine groups is 1. The maximum Gasteiger partial charge on any atom is 0.280 e. The lowest BCUT2D eigenvalue weighted by molar-refractivity contribution is 0.100. The highest BCUT2D eigenvalue weighted by molar-refractivity contribution is 6.05. The lowest BCUT2D eigenvalue weighted by Gasteiger charge is -2.00. The standard InChI is InChI=1S/C16H13N3O2/c17-16(18)19-15(20)11-6-7-14-12(8-11)13(9-21-14)10-4-2-1-3-5-10/h1-9H,(H4,17,18,19,20). The van der Waals surface area contributed by atoms with Crippen LogP contribution in [0.5, 0.6) is 0 Å². The number of nitrogens with zero attached hydrogens (tertiary/aromatic N) is 1. The minimum absolute atomic E-state index is 0.254. The van der Waals surface area contributed by atoms with Crippen LogP contribution in [0, 0.1) is 0 Å². The van der Waals surface area contributed by atoms with E-state index < -0.39 is 5.91 Å². The highest BCUT2D eigenvalue weighted by Gasteiger charge is 2.11. The largest absolute Gasteiger partial charge is 0.464 e. The van der Waals surface area contributed by atoms with Crippen LogP contribution in [-0.2, 0) is 0 Å². The number of rotatable bonds is 2. The second-order valence-corrected chi connectivity index (χ2v) is 4.57. The van der Waals surface area contributed by atoms with Gasteiger partial charge in [-0.05, 0) is 23.8 Å². The van der Waals surface area contributed by atoms with Crippen LogP contribution < -0.4 is 11.5 Å². The fourth-order valence-electron chi connectivity index (χ4n) is 2.19. The van der Waals surface area contributed by atoms with E-state index in [0.29, 0.717) is 11.1 Å². The monoisotopic (exact) mass is 279 g/mol. The molecule has 1 aromatic heterocycles. The summed E-state index contributed by atoms with van der Waals surface area (Å²) in [5.41, 5.74) is 13.5. The summed E-state index contributed by atoms with van der Waals surface area (Å²) < 4.78 is 5.52. The number of benzene rings is 2. The Morgan fingerprint density at radius 2 is 1.81 bits per heavy atom. The van der Waals surface area contributed by atoms with E-state index in [1.165, 1.54) is 0 Å². The van der Waals surface area contributed by atoms with Gasteiger partial charge in [0.05, 0.1) is 6.26 Å². The van der Waals surface area contributed by atoms with Gasteiger partial charge in [-0.15, -0.1) is 0 Å². The Balaban J connectivity index is 2.13. The molecular formula is C16H13N3O2. The van der Waals surface area contributed by atoms with E-state index in [-0.39, 0.29) is 5.96 Å². The van der Waals surface area contributed by atoms with Crippen LogP contribution in [-0.4, -0.2) is 11.9 Å². The molecule has 0 aliphatic carbocycles. The molecule has 0 atom stereocenters. The first-order valence-electron chi connectivity index (χ1n) is 6.36. The highest BCUT2D eigenvalue weighted by Crippen LogP contribution is 2.31. The molecule has 5 heteroatoms. The molecule has 0 radical (unpaired) electrons. The zero-order chi connectivity index (χ0) is 14.8. The average Bonchev–Trinajstić information content (AvgIpc) is 2.90. The summed E-state index contributed by atoms with van der Waals surface area (Å²) in [5.74, 6) is -0.729. The van der Waals surface area contributed by atoms with Crippen molar-refractivity contribution < 1.29 is 9.21 Å². The van der Waals surface area contributed by atoms with Gasteiger partial charge in [0.25, 0.3) is 5.91 Å². The van der Waals surface area contributed by atoms with Gasteiger partial charge in [0.15, 0.2) is 5.96 Å². The van der Waals surface area contributed by atoms with E-state index in [9.17, 15) is 4.79 Å². The zero-order valence-corrected chi connectivity index (χ0v) is 11.1. The van der Waals surface area contributed by atoms with Crippen LogP contribution in [0.4, 0.5) is 0 Å². The smallest absolute Gasteiger partial charge is 0.280 e. The number of hydrogen-bond donors (Lipinski definition) is 2. The SMILES string of the molecule is NC(N)=NC(=O)c1ccc2occ(-c3ccccc3)c2c1. The molecule has 1 amide bonds. The third kappa shape index (κ3) is 2.49. The number of fused-ring (bicyclic) bond motifs is 1. The predicted molar refractivity (Wildman–Crippen MR) is 81.8 cm³/mol. The van der Waals surface area contributed by atoms with Crippen molar-refractivity contribution in [3.63, 3.8) is 0 Å². The van der Waals surface area contributed by atoms with E-state index in [4.69, 9.17) is 15.9 Å². The molecule has 5 nitrogen and oxygen atoms in total. The Labute approximate surface area is 120 Å². The van der Waals surface area contributed by atoms with E-state index in [1.807, 2.05) is 30.3 Å². The van der Waals surface area contributed by atoms with Crippen molar-refractivity contribution in [3.05, 3.63) is 60.4 Å². The Kier molecular flexibility index (Phi) is 3.16. The molecule has 0 aliphatic heterocycles. The summed E-state index contributed by atoms with van der Waals surface area (Å²) in [5, 5.41) is 0.845. The summed E-state index contributed by atoms with van der Waals surface area (Å²) in [4.78, 5) is 15.4. The first-order chi connectivity index (χ1) is 10.1. The lowest BCUT2D eigenvalue weighted by Crippen LogP contribution is -2.24. The average molecular weight is 279 g/mol. The summed E-state index contributed by atoms with van der Waals surface area (Å²) in [6, 6.07) is 14.9. The number of nitrogens with two attached hydrogens (primary N) is 2. The van der Waals surface area contributed by atoms with Crippen LogP contribution in [0.3, 0.4) is 0 Å². The minimum atomic E-state index is -0.475. The second kappa shape index (κ2) is 5.13. The first kappa shape index (κ1) is 12.9. The van der Waals surface area contributed by atoms with E-state index in [1.54, 1.807) is 24.5 Å². The van der Waals surface area contributed by atoms with E-state index in [2.05, 4.69) is 4.99 Å². The molecule has 0 bridgehead atoms. The number of furan rings is 1. The normalized spacial score (nSPS) is 10.5. The van der Waals surface area contributed by atoms with Gasteiger partial charge < -0.3 is 15.9 Å². The summed E-state index contributed by atoms with van der Waals surface area (Å²) in [7, 11) is 0. The van der Waals surface area contributed by atoms with Gasteiger partial charge >= 0.3 is 0 Å². The third-order valence-electron chi connectivity index (χ3n) is 3.14.